The van der Waals surface area contributed by atoms with E-state index in [1.165, 1.54) is 20.3 Å². The zero-order valence-electron chi connectivity index (χ0n) is 11.5. The molecule has 0 saturated carbocycles. The summed E-state index contributed by atoms with van der Waals surface area (Å²) in [5, 5.41) is 10.7. The van der Waals surface area contributed by atoms with E-state index in [1.807, 2.05) is 0 Å². The third-order valence-electron chi connectivity index (χ3n) is 3.10. The molecule has 5 nitrogen and oxygen atoms in total. The highest BCUT2D eigenvalue weighted by Crippen LogP contribution is 2.36. The Balaban J connectivity index is 2.44. The molecule has 1 unspecified atom stereocenters. The van der Waals surface area contributed by atoms with E-state index >= 15 is 0 Å². The van der Waals surface area contributed by atoms with E-state index in [2.05, 4.69) is 4.74 Å². The summed E-state index contributed by atoms with van der Waals surface area (Å²) in [5.41, 5.74) is -0.868. The predicted molar refractivity (Wildman–Crippen MR) is 71.7 cm³/mol. The average Bonchev–Trinajstić information content (AvgIpc) is 2.97. The number of furan rings is 1. The Morgan fingerprint density at radius 2 is 1.90 bits per heavy atom. The largest absolute Gasteiger partial charge is 0.496 e. The fourth-order valence-corrected chi connectivity index (χ4v) is 1.99. The lowest BCUT2D eigenvalue weighted by Gasteiger charge is -2.23. The van der Waals surface area contributed by atoms with Gasteiger partial charge in [-0.15, -0.1) is 0 Å². The van der Waals surface area contributed by atoms with Gasteiger partial charge in [0.25, 0.3) is 0 Å². The van der Waals surface area contributed by atoms with E-state index in [9.17, 15) is 9.90 Å². The van der Waals surface area contributed by atoms with E-state index in [-0.39, 0.29) is 11.5 Å². The average molecular weight is 276 g/mol. The molecule has 1 heterocycles. The summed E-state index contributed by atoms with van der Waals surface area (Å²) in [6.07, 6.45) is 0. The number of methoxy groups -OCH3 is 2. The molecule has 0 radical (unpaired) electrons. The standard InChI is InChI=1S/C15H16O5/c1-15(17,10-6-4-5-7-11(10)18-2)13-9-8-12(20-13)14(16)19-3/h4-9,17H,1-3H3. The SMILES string of the molecule is COC(=O)c1ccc(C(C)(O)c2ccccc2OC)o1. The maximum atomic E-state index is 11.4. The van der Waals surface area contributed by atoms with Crippen molar-refractivity contribution in [2.45, 2.75) is 12.5 Å². The molecule has 0 bridgehead atoms. The zero-order valence-corrected chi connectivity index (χ0v) is 11.5. The molecule has 0 saturated heterocycles. The van der Waals surface area contributed by atoms with E-state index in [4.69, 9.17) is 9.15 Å². The van der Waals surface area contributed by atoms with Crippen LogP contribution in [0.5, 0.6) is 5.75 Å². The van der Waals surface area contributed by atoms with Gasteiger partial charge in [0.1, 0.15) is 17.1 Å². The van der Waals surface area contributed by atoms with Crippen LogP contribution >= 0.6 is 0 Å². The molecule has 1 aromatic carbocycles. The van der Waals surface area contributed by atoms with Gasteiger partial charge in [-0.1, -0.05) is 18.2 Å². The number of benzene rings is 1. The Kier molecular flexibility index (Phi) is 3.81. The van der Waals surface area contributed by atoms with Gasteiger partial charge in [-0.3, -0.25) is 0 Å². The molecule has 0 fully saturated rings. The molecule has 5 heteroatoms. The number of carbonyl (C=O) groups excluding carboxylic acids is 1. The van der Waals surface area contributed by atoms with Crippen molar-refractivity contribution in [1.29, 1.82) is 0 Å². The van der Waals surface area contributed by atoms with Gasteiger partial charge in [-0.2, -0.15) is 0 Å². The van der Waals surface area contributed by atoms with Crippen molar-refractivity contribution in [2.24, 2.45) is 0 Å². The van der Waals surface area contributed by atoms with Crippen LogP contribution in [0.25, 0.3) is 0 Å². The Morgan fingerprint density at radius 3 is 2.55 bits per heavy atom. The fourth-order valence-electron chi connectivity index (χ4n) is 1.99. The van der Waals surface area contributed by atoms with Gasteiger partial charge in [0.15, 0.2) is 0 Å². The molecule has 0 amide bonds. The minimum absolute atomic E-state index is 0.0395. The smallest absolute Gasteiger partial charge is 0.373 e. The lowest BCUT2D eigenvalue weighted by molar-refractivity contribution is 0.0518. The summed E-state index contributed by atoms with van der Waals surface area (Å²) in [7, 11) is 2.79. The molecule has 1 atom stereocenters. The molecular weight excluding hydrogens is 260 g/mol. The van der Waals surface area contributed by atoms with Crippen molar-refractivity contribution >= 4 is 5.97 Å². The second kappa shape index (κ2) is 5.38. The number of hydrogen-bond acceptors (Lipinski definition) is 5. The summed E-state index contributed by atoms with van der Waals surface area (Å²) in [6, 6.07) is 10.1. The lowest BCUT2D eigenvalue weighted by Crippen LogP contribution is -2.23. The van der Waals surface area contributed by atoms with Crippen LogP contribution in [0, 0.1) is 0 Å². The monoisotopic (exact) mass is 276 g/mol. The van der Waals surface area contributed by atoms with Crippen LogP contribution < -0.4 is 4.74 Å². The first-order valence-corrected chi connectivity index (χ1v) is 6.05. The number of para-hydroxylation sites is 1. The molecule has 0 aliphatic rings. The molecule has 0 spiro atoms. The molecule has 0 aliphatic carbocycles. The van der Waals surface area contributed by atoms with E-state index < -0.39 is 11.6 Å². The number of aliphatic hydroxyl groups is 1. The van der Waals surface area contributed by atoms with Crippen molar-refractivity contribution < 1.29 is 23.8 Å². The quantitative estimate of drug-likeness (QED) is 0.868. The Labute approximate surface area is 116 Å². The van der Waals surface area contributed by atoms with Crippen molar-refractivity contribution in [3.05, 3.63) is 53.5 Å². The minimum Gasteiger partial charge on any atom is -0.496 e. The van der Waals surface area contributed by atoms with Crippen LogP contribution in [0.3, 0.4) is 0 Å². The Morgan fingerprint density at radius 1 is 1.20 bits per heavy atom. The van der Waals surface area contributed by atoms with Gasteiger partial charge < -0.3 is 19.0 Å². The number of ether oxygens (including phenoxy) is 2. The summed E-state index contributed by atoms with van der Waals surface area (Å²) in [4.78, 5) is 11.4. The third-order valence-corrected chi connectivity index (χ3v) is 3.10. The van der Waals surface area contributed by atoms with Crippen LogP contribution in [0.4, 0.5) is 0 Å². The molecule has 2 aromatic rings. The number of esters is 1. The van der Waals surface area contributed by atoms with Crippen molar-refractivity contribution in [2.75, 3.05) is 14.2 Å². The van der Waals surface area contributed by atoms with E-state index in [0.29, 0.717) is 11.3 Å². The van der Waals surface area contributed by atoms with Gasteiger partial charge >= 0.3 is 5.97 Å². The maximum absolute atomic E-state index is 11.4. The Hall–Kier alpha value is -2.27. The van der Waals surface area contributed by atoms with Crippen LogP contribution in [0.2, 0.25) is 0 Å². The summed E-state index contributed by atoms with van der Waals surface area (Å²) >= 11 is 0. The lowest BCUT2D eigenvalue weighted by atomic mass is 9.92. The molecule has 20 heavy (non-hydrogen) atoms. The zero-order chi connectivity index (χ0) is 14.8. The van der Waals surface area contributed by atoms with Crippen molar-refractivity contribution in [3.8, 4) is 5.75 Å². The van der Waals surface area contributed by atoms with Crippen molar-refractivity contribution in [1.82, 2.24) is 0 Å². The summed E-state index contributed by atoms with van der Waals surface area (Å²) in [6.45, 7) is 1.57. The van der Waals surface area contributed by atoms with Crippen LogP contribution in [0.15, 0.2) is 40.8 Å². The van der Waals surface area contributed by atoms with E-state index in [0.717, 1.165) is 0 Å². The number of rotatable bonds is 4. The first-order valence-electron chi connectivity index (χ1n) is 6.05. The first-order chi connectivity index (χ1) is 9.50. The predicted octanol–water partition coefficient (Wildman–Crippen LogP) is 2.33. The van der Waals surface area contributed by atoms with Gasteiger partial charge in [0.2, 0.25) is 5.76 Å². The first kappa shape index (κ1) is 14.1. The highest BCUT2D eigenvalue weighted by atomic mass is 16.5. The summed E-state index contributed by atoms with van der Waals surface area (Å²) < 4.78 is 15.2. The van der Waals surface area contributed by atoms with Crippen molar-refractivity contribution in [3.63, 3.8) is 0 Å². The molecule has 1 aromatic heterocycles. The van der Waals surface area contributed by atoms with Gasteiger partial charge in [0.05, 0.1) is 14.2 Å². The molecule has 0 aliphatic heterocycles. The minimum atomic E-state index is -1.42. The Bertz CT molecular complexity index is 612. The third kappa shape index (κ3) is 2.40. The molecule has 1 N–H and O–H groups in total. The number of hydrogen-bond donors (Lipinski definition) is 1. The number of carbonyl (C=O) groups is 1. The normalized spacial score (nSPS) is 13.6. The highest BCUT2D eigenvalue weighted by Gasteiger charge is 2.33. The summed E-state index contributed by atoms with van der Waals surface area (Å²) in [5.74, 6) is 0.223. The topological polar surface area (TPSA) is 68.9 Å². The second-order valence-corrected chi connectivity index (χ2v) is 4.43. The molecule has 2 rings (SSSR count). The fraction of sp³-hybridized carbons (Fsp3) is 0.267. The van der Waals surface area contributed by atoms with Gasteiger partial charge in [0, 0.05) is 5.56 Å². The molecule has 106 valence electrons. The van der Waals surface area contributed by atoms with Gasteiger partial charge in [-0.25, -0.2) is 4.79 Å². The van der Waals surface area contributed by atoms with E-state index in [1.54, 1.807) is 37.3 Å². The molecular formula is C15H16O5. The van der Waals surface area contributed by atoms with Crippen LogP contribution in [-0.2, 0) is 10.3 Å². The van der Waals surface area contributed by atoms with Gasteiger partial charge in [-0.05, 0) is 25.1 Å². The van der Waals surface area contributed by atoms with Crippen LogP contribution in [0.1, 0.15) is 28.8 Å². The maximum Gasteiger partial charge on any atom is 0.373 e. The van der Waals surface area contributed by atoms with Crippen LogP contribution in [-0.4, -0.2) is 25.3 Å². The second-order valence-electron chi connectivity index (χ2n) is 4.43. The highest BCUT2D eigenvalue weighted by molar-refractivity contribution is 5.86.